The van der Waals surface area contributed by atoms with Crippen LogP contribution in [-0.4, -0.2) is 54.9 Å². The van der Waals surface area contributed by atoms with Gasteiger partial charge in [-0.05, 0) is 41.5 Å². The van der Waals surface area contributed by atoms with E-state index in [1.807, 2.05) is 30.3 Å². The highest BCUT2D eigenvalue weighted by Crippen LogP contribution is 2.16. The van der Waals surface area contributed by atoms with Crippen LogP contribution in [0, 0.1) is 0 Å². The van der Waals surface area contributed by atoms with Crippen molar-refractivity contribution in [2.75, 3.05) is 32.5 Å². The van der Waals surface area contributed by atoms with E-state index in [0.717, 1.165) is 16.5 Å². The number of carbonyl (C=O) groups excluding carboxylic acids is 3. The summed E-state index contributed by atoms with van der Waals surface area (Å²) in [7, 11) is 3.23. The lowest BCUT2D eigenvalue weighted by Gasteiger charge is -2.22. The van der Waals surface area contributed by atoms with Gasteiger partial charge in [-0.1, -0.05) is 48.5 Å². The molecule has 0 unspecified atom stereocenters. The zero-order chi connectivity index (χ0) is 27.8. The van der Waals surface area contributed by atoms with E-state index in [1.54, 1.807) is 56.6 Å². The summed E-state index contributed by atoms with van der Waals surface area (Å²) < 4.78 is 10.5. The minimum atomic E-state index is -0.524. The van der Waals surface area contributed by atoms with E-state index in [9.17, 15) is 19.2 Å². The Morgan fingerprint density at radius 1 is 0.821 bits per heavy atom. The highest BCUT2D eigenvalue weighted by atomic mass is 16.6. The summed E-state index contributed by atoms with van der Waals surface area (Å²) in [5.41, 5.74) is 2.59. The maximum Gasteiger partial charge on any atom is 0.409 e. The van der Waals surface area contributed by atoms with Gasteiger partial charge in [0.05, 0.1) is 6.42 Å². The normalized spacial score (nSPS) is 10.6. The molecule has 0 radical (unpaired) electrons. The first-order chi connectivity index (χ1) is 18.8. The summed E-state index contributed by atoms with van der Waals surface area (Å²) in [6.45, 7) is 0.604. The van der Waals surface area contributed by atoms with Crippen molar-refractivity contribution < 1.29 is 23.5 Å². The zero-order valence-electron chi connectivity index (χ0n) is 21.8. The summed E-state index contributed by atoms with van der Waals surface area (Å²) in [6.07, 6.45) is -0.239. The van der Waals surface area contributed by atoms with Crippen LogP contribution in [0.3, 0.4) is 0 Å². The van der Waals surface area contributed by atoms with Gasteiger partial charge in [0.1, 0.15) is 12.2 Å². The Bertz CT molecular complexity index is 1520. The Kier molecular flexibility index (Phi) is 8.73. The fourth-order valence-electron chi connectivity index (χ4n) is 3.83. The molecule has 39 heavy (non-hydrogen) atoms. The second-order valence-corrected chi connectivity index (χ2v) is 9.12. The highest BCUT2D eigenvalue weighted by Gasteiger charge is 2.16. The number of fused-ring (bicyclic) bond motifs is 1. The lowest BCUT2D eigenvalue weighted by atomic mass is 10.1. The molecule has 0 atom stereocenters. The molecule has 0 aliphatic heterocycles. The van der Waals surface area contributed by atoms with Gasteiger partial charge in [-0.2, -0.15) is 0 Å². The van der Waals surface area contributed by atoms with E-state index in [-0.39, 0.29) is 37.9 Å². The van der Waals surface area contributed by atoms with Crippen molar-refractivity contribution in [1.82, 2.24) is 9.80 Å². The number of rotatable bonds is 9. The van der Waals surface area contributed by atoms with Gasteiger partial charge in [-0.25, -0.2) is 9.59 Å². The SMILES string of the molecule is CN(CCN(C)C(=O)c1ccc2ccc(=O)oc2c1)C(=O)OCc1ccc(NC(=O)Cc2ccccc2)cc1. The standard InChI is InChI=1S/C30H29N3O6/c1-32(29(36)24-11-10-23-12-15-28(35)39-26(23)19-24)16-17-33(2)30(37)38-20-22-8-13-25(14-9-22)31-27(34)18-21-6-4-3-5-7-21/h3-15,19H,16-18,20H2,1-2H3,(H,31,34). The summed E-state index contributed by atoms with van der Waals surface area (Å²) >= 11 is 0. The van der Waals surface area contributed by atoms with Crippen molar-refractivity contribution in [1.29, 1.82) is 0 Å². The number of hydrogen-bond acceptors (Lipinski definition) is 6. The van der Waals surface area contributed by atoms with Gasteiger partial charge in [0, 0.05) is 49.9 Å². The molecule has 0 bridgehead atoms. The molecule has 9 heteroatoms. The van der Waals surface area contributed by atoms with Crippen LogP contribution in [0.2, 0.25) is 0 Å². The Hall–Kier alpha value is -4.92. The van der Waals surface area contributed by atoms with E-state index < -0.39 is 11.7 Å². The molecule has 0 aliphatic rings. The first-order valence-corrected chi connectivity index (χ1v) is 12.4. The number of nitrogens with one attached hydrogen (secondary N) is 1. The van der Waals surface area contributed by atoms with Gasteiger partial charge >= 0.3 is 11.7 Å². The Morgan fingerprint density at radius 3 is 2.26 bits per heavy atom. The Labute approximate surface area is 225 Å². The van der Waals surface area contributed by atoms with Crippen molar-refractivity contribution in [2.24, 2.45) is 0 Å². The van der Waals surface area contributed by atoms with Gasteiger partial charge in [0.2, 0.25) is 5.91 Å². The summed E-state index contributed by atoms with van der Waals surface area (Å²) in [4.78, 5) is 51.8. The quantitative estimate of drug-likeness (QED) is 0.325. The van der Waals surface area contributed by atoms with E-state index in [4.69, 9.17) is 9.15 Å². The molecule has 3 amide bonds. The Balaban J connectivity index is 1.21. The van der Waals surface area contributed by atoms with Gasteiger partial charge in [0.15, 0.2) is 0 Å². The van der Waals surface area contributed by atoms with Gasteiger partial charge in [0.25, 0.3) is 5.91 Å². The van der Waals surface area contributed by atoms with Crippen molar-refractivity contribution >= 4 is 34.6 Å². The number of anilines is 1. The van der Waals surface area contributed by atoms with Crippen LogP contribution in [0.1, 0.15) is 21.5 Å². The second kappa shape index (κ2) is 12.6. The second-order valence-electron chi connectivity index (χ2n) is 9.12. The summed E-state index contributed by atoms with van der Waals surface area (Å²) in [5, 5.41) is 3.57. The predicted octanol–water partition coefficient (Wildman–Crippen LogP) is 4.31. The molecule has 4 rings (SSSR count). The monoisotopic (exact) mass is 527 g/mol. The predicted molar refractivity (Wildman–Crippen MR) is 147 cm³/mol. The maximum absolute atomic E-state index is 12.8. The van der Waals surface area contributed by atoms with Crippen molar-refractivity contribution in [3.05, 3.63) is 112 Å². The molecule has 3 aromatic carbocycles. The van der Waals surface area contributed by atoms with E-state index in [2.05, 4.69) is 5.32 Å². The van der Waals surface area contributed by atoms with Crippen molar-refractivity contribution in [3.63, 3.8) is 0 Å². The number of likely N-dealkylation sites (N-methyl/N-ethyl adjacent to an activating group) is 2. The molecule has 4 aromatic rings. The minimum absolute atomic E-state index is 0.0679. The fourth-order valence-corrected chi connectivity index (χ4v) is 3.83. The van der Waals surface area contributed by atoms with Crippen LogP contribution in [0.5, 0.6) is 0 Å². The van der Waals surface area contributed by atoms with Crippen LogP contribution in [-0.2, 0) is 22.6 Å². The molecule has 1 aromatic heterocycles. The highest BCUT2D eigenvalue weighted by molar-refractivity contribution is 5.97. The largest absolute Gasteiger partial charge is 0.445 e. The third-order valence-corrected chi connectivity index (χ3v) is 6.11. The number of carbonyl (C=O) groups is 3. The molecule has 0 spiro atoms. The fraction of sp³-hybridized carbons (Fsp3) is 0.200. The molecule has 1 heterocycles. The lowest BCUT2D eigenvalue weighted by Crippen LogP contribution is -2.37. The molecular formula is C30H29N3O6. The molecule has 9 nitrogen and oxygen atoms in total. The molecule has 1 N–H and O–H groups in total. The molecule has 0 fully saturated rings. The molecular weight excluding hydrogens is 498 g/mol. The van der Waals surface area contributed by atoms with Crippen molar-refractivity contribution in [2.45, 2.75) is 13.0 Å². The first-order valence-electron chi connectivity index (χ1n) is 12.4. The minimum Gasteiger partial charge on any atom is -0.445 e. The van der Waals surface area contributed by atoms with Crippen LogP contribution in [0.15, 0.2) is 94.1 Å². The average Bonchev–Trinajstić information content (AvgIpc) is 2.94. The molecule has 0 saturated carbocycles. The van der Waals surface area contributed by atoms with Crippen molar-refractivity contribution in [3.8, 4) is 0 Å². The smallest absolute Gasteiger partial charge is 0.409 e. The number of ether oxygens (including phenoxy) is 1. The Morgan fingerprint density at radius 2 is 1.51 bits per heavy atom. The van der Waals surface area contributed by atoms with E-state index >= 15 is 0 Å². The number of amides is 3. The van der Waals surface area contributed by atoms with Crippen LogP contribution >= 0.6 is 0 Å². The molecule has 0 saturated heterocycles. The topological polar surface area (TPSA) is 109 Å². The maximum atomic E-state index is 12.8. The lowest BCUT2D eigenvalue weighted by molar-refractivity contribution is -0.115. The van der Waals surface area contributed by atoms with Crippen LogP contribution in [0.4, 0.5) is 10.5 Å². The summed E-state index contributed by atoms with van der Waals surface area (Å²) in [6, 6.07) is 24.4. The van der Waals surface area contributed by atoms with Gasteiger partial charge in [-0.3, -0.25) is 9.59 Å². The third-order valence-electron chi connectivity index (χ3n) is 6.11. The van der Waals surface area contributed by atoms with E-state index in [0.29, 0.717) is 16.8 Å². The van der Waals surface area contributed by atoms with E-state index in [1.165, 1.54) is 21.9 Å². The van der Waals surface area contributed by atoms with Crippen LogP contribution in [0.25, 0.3) is 11.0 Å². The zero-order valence-corrected chi connectivity index (χ0v) is 21.8. The number of benzene rings is 3. The first kappa shape index (κ1) is 27.1. The molecule has 200 valence electrons. The number of nitrogens with zero attached hydrogens (tertiary/aromatic N) is 2. The third kappa shape index (κ3) is 7.54. The van der Waals surface area contributed by atoms with Crippen LogP contribution < -0.4 is 10.9 Å². The molecule has 0 aliphatic carbocycles. The van der Waals surface area contributed by atoms with Gasteiger partial charge in [-0.15, -0.1) is 0 Å². The average molecular weight is 528 g/mol. The summed E-state index contributed by atoms with van der Waals surface area (Å²) in [5.74, 6) is -0.376. The van der Waals surface area contributed by atoms with Gasteiger partial charge < -0.3 is 24.3 Å². The number of hydrogen-bond donors (Lipinski definition) is 1.